The molecule has 0 aliphatic carbocycles. The van der Waals surface area contributed by atoms with Crippen LogP contribution in [0.4, 0.5) is 4.39 Å². The summed E-state index contributed by atoms with van der Waals surface area (Å²) >= 11 is 0. The lowest BCUT2D eigenvalue weighted by Crippen LogP contribution is -2.30. The number of methoxy groups -OCH3 is 1. The van der Waals surface area contributed by atoms with Crippen molar-refractivity contribution in [3.63, 3.8) is 0 Å². The van der Waals surface area contributed by atoms with Crippen molar-refractivity contribution >= 4 is 21.6 Å². The normalized spacial score (nSPS) is 11.8. The number of aromatic nitrogens is 1. The van der Waals surface area contributed by atoms with Gasteiger partial charge in [-0.3, -0.25) is 9.78 Å². The van der Waals surface area contributed by atoms with Crippen LogP contribution in [0, 0.1) is 5.82 Å². The number of nitrogens with zero attached hydrogens (tertiary/aromatic N) is 3. The maximum Gasteiger partial charge on any atom is 0.271 e. The zero-order chi connectivity index (χ0) is 27.8. The number of carbonyl (C=O) groups excluding carboxylic acids is 1. The van der Waals surface area contributed by atoms with Crippen LogP contribution in [-0.2, 0) is 23.1 Å². The largest absolute Gasteiger partial charge is 0.497 e. The van der Waals surface area contributed by atoms with E-state index in [0.29, 0.717) is 28.2 Å². The lowest BCUT2D eigenvalue weighted by atomic mass is 10.1. The fraction of sp³-hybridized carbons (Fsp3) is 0.138. The van der Waals surface area contributed by atoms with Gasteiger partial charge in [-0.1, -0.05) is 30.3 Å². The Balaban J connectivity index is 1.51. The van der Waals surface area contributed by atoms with Crippen LogP contribution in [0.15, 0.2) is 107 Å². The number of pyridine rings is 1. The quantitative estimate of drug-likeness (QED) is 0.228. The first-order chi connectivity index (χ1) is 18.8. The molecule has 39 heavy (non-hydrogen) atoms. The number of amides is 1. The minimum atomic E-state index is -3.87. The van der Waals surface area contributed by atoms with Crippen LogP contribution in [0.3, 0.4) is 0 Å². The van der Waals surface area contributed by atoms with Crippen molar-refractivity contribution in [2.75, 3.05) is 7.11 Å². The van der Waals surface area contributed by atoms with Gasteiger partial charge in [-0.25, -0.2) is 18.2 Å². The summed E-state index contributed by atoms with van der Waals surface area (Å²) < 4.78 is 46.8. The van der Waals surface area contributed by atoms with Crippen molar-refractivity contribution in [1.82, 2.24) is 14.7 Å². The standard InChI is InChI=1S/C29H27FN4O4S/c1-21(24-9-11-26(30)12-10-24)32-33-29(35)25-7-5-22(6-8-25)19-34(20-23-4-3-17-31-18-23)39(36,37)28-15-13-27(38-2)14-16-28/h3-18H,19-20H2,1-2H3,(H,33,35). The first kappa shape index (κ1) is 27.6. The second kappa shape index (κ2) is 12.4. The summed E-state index contributed by atoms with van der Waals surface area (Å²) in [6.07, 6.45) is 3.25. The number of rotatable bonds is 10. The van der Waals surface area contributed by atoms with Crippen LogP contribution in [0.5, 0.6) is 5.75 Å². The molecule has 1 heterocycles. The molecule has 0 fully saturated rings. The average Bonchev–Trinajstić information content (AvgIpc) is 2.96. The van der Waals surface area contributed by atoms with Gasteiger partial charge in [0.05, 0.1) is 17.7 Å². The van der Waals surface area contributed by atoms with Crippen molar-refractivity contribution in [2.45, 2.75) is 24.9 Å². The smallest absolute Gasteiger partial charge is 0.271 e. The number of nitrogens with one attached hydrogen (secondary N) is 1. The Morgan fingerprint density at radius 1 is 0.923 bits per heavy atom. The number of halogens is 1. The monoisotopic (exact) mass is 546 g/mol. The van der Waals surface area contributed by atoms with Crippen LogP contribution in [0.25, 0.3) is 0 Å². The van der Waals surface area contributed by atoms with E-state index in [4.69, 9.17) is 4.74 Å². The summed E-state index contributed by atoms with van der Waals surface area (Å²) in [4.78, 5) is 16.8. The van der Waals surface area contributed by atoms with E-state index in [0.717, 1.165) is 5.56 Å². The molecule has 0 aliphatic heterocycles. The number of ether oxygens (including phenoxy) is 1. The second-order valence-electron chi connectivity index (χ2n) is 8.65. The zero-order valence-electron chi connectivity index (χ0n) is 21.4. The van der Waals surface area contributed by atoms with Gasteiger partial charge in [0.2, 0.25) is 10.0 Å². The van der Waals surface area contributed by atoms with E-state index < -0.39 is 15.9 Å². The lowest BCUT2D eigenvalue weighted by molar-refractivity contribution is 0.0954. The van der Waals surface area contributed by atoms with Crippen LogP contribution in [0.1, 0.15) is 34.0 Å². The van der Waals surface area contributed by atoms with Gasteiger partial charge in [0.1, 0.15) is 11.6 Å². The van der Waals surface area contributed by atoms with Gasteiger partial charge < -0.3 is 4.74 Å². The highest BCUT2D eigenvalue weighted by Crippen LogP contribution is 2.23. The van der Waals surface area contributed by atoms with Gasteiger partial charge >= 0.3 is 0 Å². The van der Waals surface area contributed by atoms with Crippen LogP contribution in [-0.4, -0.2) is 36.4 Å². The van der Waals surface area contributed by atoms with E-state index >= 15 is 0 Å². The highest BCUT2D eigenvalue weighted by molar-refractivity contribution is 7.89. The van der Waals surface area contributed by atoms with Gasteiger partial charge in [0.25, 0.3) is 5.91 Å². The molecule has 1 amide bonds. The fourth-order valence-corrected chi connectivity index (χ4v) is 5.15. The van der Waals surface area contributed by atoms with Gasteiger partial charge in [0.15, 0.2) is 0 Å². The van der Waals surface area contributed by atoms with E-state index in [-0.39, 0.29) is 23.8 Å². The summed E-state index contributed by atoms with van der Waals surface area (Å²) in [6.45, 7) is 1.89. The van der Waals surface area contributed by atoms with E-state index in [1.165, 1.54) is 35.7 Å². The molecule has 0 aliphatic rings. The third-order valence-corrected chi connectivity index (χ3v) is 7.75. The number of hydrogen-bond donors (Lipinski definition) is 1. The Labute approximate surface area is 226 Å². The highest BCUT2D eigenvalue weighted by Gasteiger charge is 2.25. The van der Waals surface area contributed by atoms with Crippen molar-refractivity contribution in [2.24, 2.45) is 5.10 Å². The lowest BCUT2D eigenvalue weighted by Gasteiger charge is -2.22. The first-order valence-corrected chi connectivity index (χ1v) is 13.4. The molecule has 0 saturated heterocycles. The van der Waals surface area contributed by atoms with E-state index in [1.807, 2.05) is 6.07 Å². The minimum Gasteiger partial charge on any atom is -0.497 e. The zero-order valence-corrected chi connectivity index (χ0v) is 22.2. The molecule has 4 rings (SSSR count). The Hall–Kier alpha value is -4.41. The molecule has 3 aromatic carbocycles. The molecule has 1 N–H and O–H groups in total. The predicted molar refractivity (Wildman–Crippen MR) is 146 cm³/mol. The van der Waals surface area contributed by atoms with E-state index in [2.05, 4.69) is 15.5 Å². The SMILES string of the molecule is COc1ccc(S(=O)(=O)N(Cc2ccc(C(=O)NN=C(C)c3ccc(F)cc3)cc2)Cc2cccnc2)cc1. The number of hydrazone groups is 1. The van der Waals surface area contributed by atoms with Crippen molar-refractivity contribution in [3.05, 3.63) is 125 Å². The molecular formula is C29H27FN4O4S. The van der Waals surface area contributed by atoms with Crippen molar-refractivity contribution in [1.29, 1.82) is 0 Å². The summed E-state index contributed by atoms with van der Waals surface area (Å²) in [7, 11) is -2.35. The highest BCUT2D eigenvalue weighted by atomic mass is 32.2. The van der Waals surface area contributed by atoms with Crippen LogP contribution >= 0.6 is 0 Å². The topological polar surface area (TPSA) is 101 Å². The molecule has 200 valence electrons. The fourth-order valence-electron chi connectivity index (χ4n) is 3.74. The predicted octanol–water partition coefficient (Wildman–Crippen LogP) is 4.77. The van der Waals surface area contributed by atoms with Gasteiger partial charge in [-0.15, -0.1) is 0 Å². The number of sulfonamides is 1. The maximum atomic E-state index is 13.6. The van der Waals surface area contributed by atoms with Crippen molar-refractivity contribution < 1.29 is 22.3 Å². The molecule has 0 atom stereocenters. The second-order valence-corrected chi connectivity index (χ2v) is 10.6. The molecular weight excluding hydrogens is 519 g/mol. The summed E-state index contributed by atoms with van der Waals surface area (Å²) in [5, 5.41) is 4.09. The number of carbonyl (C=O) groups is 1. The number of hydrogen-bond acceptors (Lipinski definition) is 6. The van der Waals surface area contributed by atoms with Gasteiger partial charge in [-0.2, -0.15) is 9.41 Å². The first-order valence-electron chi connectivity index (χ1n) is 12.0. The van der Waals surface area contributed by atoms with E-state index in [9.17, 15) is 17.6 Å². The Morgan fingerprint density at radius 3 is 2.18 bits per heavy atom. The summed E-state index contributed by atoms with van der Waals surface area (Å²) in [5.74, 6) is -0.230. The minimum absolute atomic E-state index is 0.0764. The van der Waals surface area contributed by atoms with E-state index in [1.54, 1.807) is 73.9 Å². The summed E-state index contributed by atoms with van der Waals surface area (Å²) in [6, 6.07) is 22.2. The van der Waals surface area contributed by atoms with Gasteiger partial charge in [0, 0.05) is 31.0 Å². The van der Waals surface area contributed by atoms with Crippen LogP contribution in [0.2, 0.25) is 0 Å². The molecule has 0 radical (unpaired) electrons. The molecule has 0 spiro atoms. The van der Waals surface area contributed by atoms with Crippen molar-refractivity contribution in [3.8, 4) is 5.75 Å². The Morgan fingerprint density at radius 2 is 1.56 bits per heavy atom. The number of benzene rings is 3. The third kappa shape index (κ3) is 7.13. The molecule has 10 heteroatoms. The Kier molecular flexibility index (Phi) is 8.80. The third-order valence-electron chi connectivity index (χ3n) is 5.94. The molecule has 0 unspecified atom stereocenters. The molecule has 0 saturated carbocycles. The molecule has 1 aromatic heterocycles. The van der Waals surface area contributed by atoms with Crippen LogP contribution < -0.4 is 10.2 Å². The molecule has 4 aromatic rings. The molecule has 0 bridgehead atoms. The molecule has 8 nitrogen and oxygen atoms in total. The average molecular weight is 547 g/mol. The van der Waals surface area contributed by atoms with Gasteiger partial charge in [-0.05, 0) is 78.2 Å². The maximum absolute atomic E-state index is 13.6. The Bertz CT molecular complexity index is 1540. The summed E-state index contributed by atoms with van der Waals surface area (Å²) in [5.41, 5.74) is 5.48.